The second kappa shape index (κ2) is 5.60. The lowest BCUT2D eigenvalue weighted by Crippen LogP contribution is -2.42. The summed E-state index contributed by atoms with van der Waals surface area (Å²) in [7, 11) is 0. The first-order valence-corrected chi connectivity index (χ1v) is 6.61. The molecule has 5 nitrogen and oxygen atoms in total. The molecule has 2 rings (SSSR count). The van der Waals surface area contributed by atoms with Gasteiger partial charge in [0.25, 0.3) is 5.79 Å². The summed E-state index contributed by atoms with van der Waals surface area (Å²) < 4.78 is 48.3. The molecule has 1 saturated heterocycles. The number of carbonyl (C=O) groups is 2. The van der Waals surface area contributed by atoms with Crippen molar-refractivity contribution in [1.29, 1.82) is 0 Å². The van der Waals surface area contributed by atoms with Gasteiger partial charge in [0.15, 0.2) is 5.57 Å². The largest absolute Gasteiger partial charge is 0.419 e. The molecule has 0 bridgehead atoms. The van der Waals surface area contributed by atoms with E-state index in [1.807, 2.05) is 0 Å². The van der Waals surface area contributed by atoms with E-state index in [1.165, 1.54) is 32.9 Å². The fourth-order valence-corrected chi connectivity index (χ4v) is 1.95. The summed E-state index contributed by atoms with van der Waals surface area (Å²) in [5.74, 6) is -3.21. The van der Waals surface area contributed by atoms with Gasteiger partial charge in [-0.15, -0.1) is 0 Å². The first-order chi connectivity index (χ1) is 10.5. The zero-order chi connectivity index (χ0) is 17.4. The number of cyclic esters (lactones) is 2. The summed E-state index contributed by atoms with van der Waals surface area (Å²) in [5, 5.41) is 2.48. The Balaban J connectivity index is 2.24. The fourth-order valence-electron chi connectivity index (χ4n) is 1.95. The molecule has 0 amide bonds. The molecule has 1 aromatic carbocycles. The van der Waals surface area contributed by atoms with Crippen LogP contribution in [0.25, 0.3) is 0 Å². The summed E-state index contributed by atoms with van der Waals surface area (Å²) in [6, 6.07) is 3.56. The molecule has 1 N–H and O–H groups in total. The van der Waals surface area contributed by atoms with Gasteiger partial charge in [-0.1, -0.05) is 6.07 Å². The number of rotatable bonds is 2. The molecule has 124 valence electrons. The number of anilines is 1. The number of aryl methyl sites for hydroxylation is 1. The molecule has 0 spiro atoms. The topological polar surface area (TPSA) is 64.6 Å². The Kier molecular flexibility index (Phi) is 4.10. The Hall–Kier alpha value is -2.51. The van der Waals surface area contributed by atoms with E-state index in [-0.39, 0.29) is 11.3 Å². The number of hydrogen-bond acceptors (Lipinski definition) is 5. The van der Waals surface area contributed by atoms with Crippen LogP contribution in [0.3, 0.4) is 0 Å². The van der Waals surface area contributed by atoms with Crippen molar-refractivity contribution in [2.45, 2.75) is 32.7 Å². The Morgan fingerprint density at radius 2 is 1.70 bits per heavy atom. The van der Waals surface area contributed by atoms with Crippen LogP contribution in [0, 0.1) is 6.92 Å². The number of carbonyl (C=O) groups excluding carboxylic acids is 2. The lowest BCUT2D eigenvalue weighted by atomic mass is 10.1. The average Bonchev–Trinajstić information content (AvgIpc) is 2.36. The van der Waals surface area contributed by atoms with Gasteiger partial charge in [-0.25, -0.2) is 9.59 Å². The molecule has 1 aliphatic rings. The number of nitrogens with one attached hydrogen (secondary N) is 1. The quantitative estimate of drug-likeness (QED) is 0.513. The van der Waals surface area contributed by atoms with E-state index < -0.39 is 35.0 Å². The van der Waals surface area contributed by atoms with E-state index in [2.05, 4.69) is 5.32 Å². The van der Waals surface area contributed by atoms with Crippen molar-refractivity contribution in [3.05, 3.63) is 41.1 Å². The van der Waals surface area contributed by atoms with Crippen molar-refractivity contribution in [3.8, 4) is 0 Å². The minimum absolute atomic E-state index is 0.0638. The summed E-state index contributed by atoms with van der Waals surface area (Å²) >= 11 is 0. The van der Waals surface area contributed by atoms with E-state index >= 15 is 0 Å². The Bertz CT molecular complexity index is 670. The Labute approximate surface area is 130 Å². The van der Waals surface area contributed by atoms with Crippen LogP contribution in [0.4, 0.5) is 18.9 Å². The van der Waals surface area contributed by atoms with Crippen LogP contribution in [0.2, 0.25) is 0 Å². The van der Waals surface area contributed by atoms with E-state index in [0.717, 1.165) is 12.3 Å². The number of ether oxygens (including phenoxy) is 2. The molecular weight excluding hydrogens is 315 g/mol. The monoisotopic (exact) mass is 329 g/mol. The molecule has 1 heterocycles. The van der Waals surface area contributed by atoms with Crippen molar-refractivity contribution in [2.75, 3.05) is 5.32 Å². The molecule has 0 aliphatic carbocycles. The van der Waals surface area contributed by atoms with Gasteiger partial charge in [-0.2, -0.15) is 13.2 Å². The number of benzene rings is 1. The van der Waals surface area contributed by atoms with Crippen LogP contribution in [-0.2, 0) is 25.2 Å². The smallest absolute Gasteiger partial charge is 0.416 e. The lowest BCUT2D eigenvalue weighted by Gasteiger charge is -2.29. The molecule has 8 heteroatoms. The third-order valence-corrected chi connectivity index (χ3v) is 3.04. The number of halogens is 3. The zero-order valence-electron chi connectivity index (χ0n) is 12.6. The molecule has 0 unspecified atom stereocenters. The minimum atomic E-state index is -4.50. The van der Waals surface area contributed by atoms with Gasteiger partial charge in [-0.05, 0) is 24.6 Å². The molecule has 1 aromatic rings. The van der Waals surface area contributed by atoms with E-state index in [1.54, 1.807) is 0 Å². The molecule has 0 atom stereocenters. The Morgan fingerprint density at radius 1 is 1.13 bits per heavy atom. The standard InChI is InChI=1S/C15H14F3NO4/c1-8-4-5-9(6-11(8)15(16,17)18)19-7-10-12(20)22-14(2,3)23-13(10)21/h4-7,19H,1-3H3. The van der Waals surface area contributed by atoms with Crippen molar-refractivity contribution < 1.29 is 32.2 Å². The summed E-state index contributed by atoms with van der Waals surface area (Å²) in [6.07, 6.45) is -3.54. The highest BCUT2D eigenvalue weighted by atomic mass is 19.4. The number of hydrogen-bond donors (Lipinski definition) is 1. The van der Waals surface area contributed by atoms with Crippen molar-refractivity contribution in [3.63, 3.8) is 0 Å². The first kappa shape index (κ1) is 16.9. The summed E-state index contributed by atoms with van der Waals surface area (Å²) in [5.41, 5.74) is -1.11. The van der Waals surface area contributed by atoms with Gasteiger partial charge < -0.3 is 14.8 Å². The lowest BCUT2D eigenvalue weighted by molar-refractivity contribution is -0.222. The predicted molar refractivity (Wildman–Crippen MR) is 74.1 cm³/mol. The van der Waals surface area contributed by atoms with Gasteiger partial charge in [0.2, 0.25) is 0 Å². The highest BCUT2D eigenvalue weighted by molar-refractivity contribution is 6.15. The number of alkyl halides is 3. The molecule has 1 aliphatic heterocycles. The van der Waals surface area contributed by atoms with Crippen molar-refractivity contribution in [2.24, 2.45) is 0 Å². The number of esters is 2. The molecule has 1 fully saturated rings. The second-order valence-corrected chi connectivity index (χ2v) is 5.41. The maximum atomic E-state index is 12.8. The highest BCUT2D eigenvalue weighted by Gasteiger charge is 2.39. The third-order valence-electron chi connectivity index (χ3n) is 3.04. The van der Waals surface area contributed by atoms with E-state index in [0.29, 0.717) is 0 Å². The summed E-state index contributed by atoms with van der Waals surface area (Å²) in [4.78, 5) is 23.4. The highest BCUT2D eigenvalue weighted by Crippen LogP contribution is 2.33. The van der Waals surface area contributed by atoms with Gasteiger partial charge >= 0.3 is 18.1 Å². The predicted octanol–water partition coefficient (Wildman–Crippen LogP) is 3.15. The zero-order valence-corrected chi connectivity index (χ0v) is 12.6. The van der Waals surface area contributed by atoms with Crippen LogP contribution in [0.5, 0.6) is 0 Å². The molecule has 23 heavy (non-hydrogen) atoms. The SMILES string of the molecule is Cc1ccc(NC=C2C(=O)OC(C)(C)OC2=O)cc1C(F)(F)F. The molecule has 0 radical (unpaired) electrons. The maximum absolute atomic E-state index is 12.8. The normalized spacial score (nSPS) is 17.4. The van der Waals surface area contributed by atoms with Crippen LogP contribution in [0.15, 0.2) is 30.0 Å². The molecule has 0 aromatic heterocycles. The van der Waals surface area contributed by atoms with Crippen molar-refractivity contribution >= 4 is 17.6 Å². The van der Waals surface area contributed by atoms with Gasteiger partial charge in [-0.3, -0.25) is 0 Å². The first-order valence-electron chi connectivity index (χ1n) is 6.61. The van der Waals surface area contributed by atoms with Crippen LogP contribution in [-0.4, -0.2) is 17.7 Å². The van der Waals surface area contributed by atoms with E-state index in [4.69, 9.17) is 9.47 Å². The third kappa shape index (κ3) is 3.82. The second-order valence-electron chi connectivity index (χ2n) is 5.41. The minimum Gasteiger partial charge on any atom is -0.419 e. The van der Waals surface area contributed by atoms with Crippen molar-refractivity contribution in [1.82, 2.24) is 0 Å². The van der Waals surface area contributed by atoms with Gasteiger partial charge in [0.05, 0.1) is 5.56 Å². The average molecular weight is 329 g/mol. The van der Waals surface area contributed by atoms with Gasteiger partial charge in [0, 0.05) is 25.7 Å². The van der Waals surface area contributed by atoms with E-state index in [9.17, 15) is 22.8 Å². The molecule has 0 saturated carbocycles. The molecular formula is C15H14F3NO4. The van der Waals surface area contributed by atoms with Crippen LogP contribution in [0.1, 0.15) is 25.0 Å². The van der Waals surface area contributed by atoms with Gasteiger partial charge in [0.1, 0.15) is 0 Å². The fraction of sp³-hybridized carbons (Fsp3) is 0.333. The Morgan fingerprint density at radius 3 is 2.22 bits per heavy atom. The van der Waals surface area contributed by atoms with Crippen LogP contribution >= 0.6 is 0 Å². The van der Waals surface area contributed by atoms with Crippen LogP contribution < -0.4 is 5.32 Å². The summed E-state index contributed by atoms with van der Waals surface area (Å²) in [6.45, 7) is 4.12. The maximum Gasteiger partial charge on any atom is 0.416 e.